The van der Waals surface area contributed by atoms with Crippen molar-refractivity contribution >= 4 is 23.5 Å². The molecule has 140 valence electrons. The van der Waals surface area contributed by atoms with E-state index in [0.717, 1.165) is 5.56 Å². The molecule has 0 spiro atoms. The lowest BCUT2D eigenvalue weighted by atomic mass is 9.97. The summed E-state index contributed by atoms with van der Waals surface area (Å²) in [6, 6.07) is 5.52. The zero-order valence-electron chi connectivity index (χ0n) is 14.4. The fraction of sp³-hybridized carbons (Fsp3) is 0.529. The number of esters is 1. The molecule has 1 N–H and O–H groups in total. The monoisotopic (exact) mass is 379 g/mol. The zero-order valence-corrected chi connectivity index (χ0v) is 15.2. The highest BCUT2D eigenvalue weighted by atomic mass is 35.5. The zero-order chi connectivity index (χ0) is 19.4. The van der Waals surface area contributed by atoms with Crippen molar-refractivity contribution in [2.45, 2.75) is 51.9 Å². The van der Waals surface area contributed by atoms with Gasteiger partial charge in [0, 0.05) is 11.4 Å². The number of alkyl halides is 3. The molecule has 4 nitrogen and oxygen atoms in total. The van der Waals surface area contributed by atoms with E-state index in [9.17, 15) is 22.8 Å². The Kier molecular flexibility index (Phi) is 6.88. The van der Waals surface area contributed by atoms with E-state index in [2.05, 4.69) is 0 Å². The second-order valence-electron chi connectivity index (χ2n) is 6.68. The molecule has 1 rings (SSSR count). The van der Waals surface area contributed by atoms with Gasteiger partial charge in [-0.25, -0.2) is 4.79 Å². The molecule has 0 aliphatic heterocycles. The first-order valence-electron chi connectivity index (χ1n) is 7.67. The van der Waals surface area contributed by atoms with E-state index in [1.165, 1.54) is 13.8 Å². The fourth-order valence-corrected chi connectivity index (χ4v) is 2.31. The first kappa shape index (κ1) is 21.3. The van der Waals surface area contributed by atoms with Crippen molar-refractivity contribution in [3.63, 3.8) is 0 Å². The van der Waals surface area contributed by atoms with E-state index in [1.807, 2.05) is 0 Å². The van der Waals surface area contributed by atoms with E-state index >= 15 is 0 Å². The van der Waals surface area contributed by atoms with Crippen LogP contribution in [0, 0.1) is 5.92 Å². The minimum atomic E-state index is -5.06. The molecule has 0 fully saturated rings. The number of carbonyl (C=O) groups excluding carboxylic acids is 2. The largest absolute Gasteiger partial charge is 0.471 e. The van der Waals surface area contributed by atoms with Crippen LogP contribution < -0.4 is 5.32 Å². The highest BCUT2D eigenvalue weighted by molar-refractivity contribution is 6.30. The van der Waals surface area contributed by atoms with Gasteiger partial charge in [0.05, 0.1) is 0 Å². The molecule has 1 aromatic rings. The summed E-state index contributed by atoms with van der Waals surface area (Å²) < 4.78 is 42.6. The maximum atomic E-state index is 12.4. The van der Waals surface area contributed by atoms with Crippen LogP contribution in [0.2, 0.25) is 5.02 Å². The number of hydrogen-bond acceptors (Lipinski definition) is 3. The van der Waals surface area contributed by atoms with Crippen LogP contribution in [0.1, 0.15) is 33.3 Å². The standard InChI is InChI=1S/C17H21ClF3NO3/c1-10(2)13(22-15(24)17(19,20)21)14(23)25-16(3,4)9-11-5-7-12(18)8-6-11/h5-8,10,13H,9H2,1-4H3,(H,22,24). The number of benzene rings is 1. The lowest BCUT2D eigenvalue weighted by Gasteiger charge is -2.29. The van der Waals surface area contributed by atoms with Crippen LogP contribution in [0.4, 0.5) is 13.2 Å². The topological polar surface area (TPSA) is 55.4 Å². The molecule has 1 amide bonds. The van der Waals surface area contributed by atoms with E-state index < -0.39 is 35.6 Å². The molecule has 1 aromatic carbocycles. The third kappa shape index (κ3) is 6.94. The maximum absolute atomic E-state index is 12.4. The molecule has 0 radical (unpaired) electrons. The Morgan fingerprint density at radius 2 is 1.68 bits per heavy atom. The minimum absolute atomic E-state index is 0.341. The number of carbonyl (C=O) groups is 2. The number of ether oxygens (including phenoxy) is 1. The Bertz CT molecular complexity index is 613. The second-order valence-corrected chi connectivity index (χ2v) is 7.11. The molecule has 25 heavy (non-hydrogen) atoms. The van der Waals surface area contributed by atoms with Gasteiger partial charge in [-0.1, -0.05) is 37.6 Å². The summed E-state index contributed by atoms with van der Waals surface area (Å²) in [5.41, 5.74) is -0.122. The summed E-state index contributed by atoms with van der Waals surface area (Å²) in [4.78, 5) is 23.4. The average molecular weight is 380 g/mol. The number of nitrogens with one attached hydrogen (secondary N) is 1. The molecule has 0 saturated carbocycles. The summed E-state index contributed by atoms with van der Waals surface area (Å²) in [7, 11) is 0. The quantitative estimate of drug-likeness (QED) is 0.762. The highest BCUT2D eigenvalue weighted by Crippen LogP contribution is 2.21. The van der Waals surface area contributed by atoms with Crippen LogP contribution in [0.5, 0.6) is 0 Å². The fourth-order valence-electron chi connectivity index (χ4n) is 2.19. The van der Waals surface area contributed by atoms with E-state index in [4.69, 9.17) is 16.3 Å². The number of hydrogen-bond donors (Lipinski definition) is 1. The number of rotatable bonds is 6. The van der Waals surface area contributed by atoms with Crippen LogP contribution in [-0.2, 0) is 20.7 Å². The molecule has 1 atom stereocenters. The van der Waals surface area contributed by atoms with Crippen molar-refractivity contribution in [3.05, 3.63) is 34.9 Å². The first-order chi connectivity index (χ1) is 11.3. The molecular weight excluding hydrogens is 359 g/mol. The van der Waals surface area contributed by atoms with Gasteiger partial charge in [0.1, 0.15) is 11.6 Å². The van der Waals surface area contributed by atoms with Gasteiger partial charge in [-0.05, 0) is 37.5 Å². The Hall–Kier alpha value is -1.76. The van der Waals surface area contributed by atoms with Crippen molar-refractivity contribution in [2.24, 2.45) is 5.92 Å². The predicted octanol–water partition coefficient (Wildman–Crippen LogP) is 3.91. The molecule has 0 heterocycles. The molecule has 0 bridgehead atoms. The lowest BCUT2D eigenvalue weighted by molar-refractivity contribution is -0.178. The molecule has 0 aliphatic rings. The molecule has 0 saturated heterocycles. The third-order valence-corrected chi connectivity index (χ3v) is 3.64. The van der Waals surface area contributed by atoms with Crippen molar-refractivity contribution in [1.29, 1.82) is 0 Å². The Labute approximate surface area is 149 Å². The molecule has 0 aromatic heterocycles. The van der Waals surface area contributed by atoms with Crippen LogP contribution in [0.25, 0.3) is 0 Å². The van der Waals surface area contributed by atoms with Gasteiger partial charge in [-0.2, -0.15) is 13.2 Å². The van der Waals surface area contributed by atoms with Gasteiger partial charge < -0.3 is 10.1 Å². The first-order valence-corrected chi connectivity index (χ1v) is 8.04. The maximum Gasteiger partial charge on any atom is 0.471 e. The smallest absolute Gasteiger partial charge is 0.458 e. The minimum Gasteiger partial charge on any atom is -0.458 e. The van der Waals surface area contributed by atoms with Crippen LogP contribution in [0.15, 0.2) is 24.3 Å². The van der Waals surface area contributed by atoms with Gasteiger partial charge in [-0.15, -0.1) is 0 Å². The van der Waals surface area contributed by atoms with Crippen LogP contribution in [0.3, 0.4) is 0 Å². The normalized spacial score (nSPS) is 13.5. The average Bonchev–Trinajstić information content (AvgIpc) is 2.44. The predicted molar refractivity (Wildman–Crippen MR) is 88.2 cm³/mol. The van der Waals surface area contributed by atoms with Crippen molar-refractivity contribution in [3.8, 4) is 0 Å². The highest BCUT2D eigenvalue weighted by Gasteiger charge is 2.42. The molecule has 1 unspecified atom stereocenters. The lowest BCUT2D eigenvalue weighted by Crippen LogP contribution is -2.51. The van der Waals surface area contributed by atoms with Crippen molar-refractivity contribution in [1.82, 2.24) is 5.32 Å². The summed E-state index contributed by atoms with van der Waals surface area (Å²) >= 11 is 5.81. The second kappa shape index (κ2) is 8.08. The van der Waals surface area contributed by atoms with Gasteiger partial charge in [0.2, 0.25) is 0 Å². The van der Waals surface area contributed by atoms with Gasteiger partial charge in [-0.3, -0.25) is 4.79 Å². The van der Waals surface area contributed by atoms with Crippen LogP contribution >= 0.6 is 11.6 Å². The molecule has 0 aliphatic carbocycles. The van der Waals surface area contributed by atoms with E-state index in [0.29, 0.717) is 11.4 Å². The van der Waals surface area contributed by atoms with Gasteiger partial charge in [0.15, 0.2) is 0 Å². The van der Waals surface area contributed by atoms with E-state index in [1.54, 1.807) is 43.4 Å². The Morgan fingerprint density at radius 1 is 1.16 bits per heavy atom. The Morgan fingerprint density at radius 3 is 2.12 bits per heavy atom. The summed E-state index contributed by atoms with van der Waals surface area (Å²) in [6.07, 6.45) is -4.72. The van der Waals surface area contributed by atoms with Crippen molar-refractivity contribution in [2.75, 3.05) is 0 Å². The third-order valence-electron chi connectivity index (χ3n) is 3.38. The van der Waals surface area contributed by atoms with Gasteiger partial charge >= 0.3 is 18.1 Å². The van der Waals surface area contributed by atoms with Crippen LogP contribution in [-0.4, -0.2) is 29.7 Å². The summed E-state index contributed by atoms with van der Waals surface area (Å²) in [6.45, 7) is 6.33. The summed E-state index contributed by atoms with van der Waals surface area (Å²) in [5.74, 6) is -3.64. The molecular formula is C17H21ClF3NO3. The van der Waals surface area contributed by atoms with Gasteiger partial charge in [0.25, 0.3) is 0 Å². The van der Waals surface area contributed by atoms with Crippen molar-refractivity contribution < 1.29 is 27.5 Å². The number of amides is 1. The molecule has 8 heteroatoms. The summed E-state index contributed by atoms with van der Waals surface area (Å²) in [5, 5.41) is 2.26. The SMILES string of the molecule is CC(C)C(NC(=O)C(F)(F)F)C(=O)OC(C)(C)Cc1ccc(Cl)cc1. The number of halogens is 4. The van der Waals surface area contributed by atoms with E-state index in [-0.39, 0.29) is 0 Å². The Balaban J connectivity index is 2.80.